The number of halogens is 2. The Kier molecular flexibility index (Phi) is 3.55. The van der Waals surface area contributed by atoms with Gasteiger partial charge in [0.25, 0.3) is 5.91 Å². The third kappa shape index (κ3) is 2.76. The van der Waals surface area contributed by atoms with Gasteiger partial charge in [-0.15, -0.1) is 0 Å². The van der Waals surface area contributed by atoms with Gasteiger partial charge in [0, 0.05) is 23.5 Å². The fourth-order valence-corrected chi connectivity index (χ4v) is 1.67. The summed E-state index contributed by atoms with van der Waals surface area (Å²) in [7, 11) is 0. The maximum atomic E-state index is 13.4. The van der Waals surface area contributed by atoms with Gasteiger partial charge in [0.1, 0.15) is 11.6 Å². The summed E-state index contributed by atoms with van der Waals surface area (Å²) in [6.45, 7) is 3.54. The van der Waals surface area contributed by atoms with Crippen LogP contribution in [-0.2, 0) is 0 Å². The van der Waals surface area contributed by atoms with Gasteiger partial charge in [0.2, 0.25) is 0 Å². The zero-order valence-corrected chi connectivity index (χ0v) is 10.5. The van der Waals surface area contributed by atoms with Crippen molar-refractivity contribution in [3.05, 3.63) is 58.9 Å². The largest absolute Gasteiger partial charge is 0.319 e. The van der Waals surface area contributed by atoms with Gasteiger partial charge in [-0.2, -0.15) is 0 Å². The first-order valence-corrected chi connectivity index (χ1v) is 5.67. The SMILES string of the molecule is Cc1nccc(C(=O)Nc2ccc(F)cc2F)c1C. The van der Waals surface area contributed by atoms with Crippen molar-refractivity contribution in [3.63, 3.8) is 0 Å². The standard InChI is InChI=1S/C14H12F2N2O/c1-8-9(2)17-6-5-11(8)14(19)18-13-4-3-10(15)7-12(13)16/h3-7H,1-2H3,(H,18,19). The van der Waals surface area contributed by atoms with Gasteiger partial charge < -0.3 is 5.32 Å². The average Bonchev–Trinajstić information content (AvgIpc) is 2.36. The third-order valence-corrected chi connectivity index (χ3v) is 2.88. The zero-order valence-electron chi connectivity index (χ0n) is 10.5. The fourth-order valence-electron chi connectivity index (χ4n) is 1.67. The molecule has 3 nitrogen and oxygen atoms in total. The Bertz CT molecular complexity index is 641. The number of benzene rings is 1. The zero-order chi connectivity index (χ0) is 14.0. The number of anilines is 1. The lowest BCUT2D eigenvalue weighted by Gasteiger charge is -2.09. The highest BCUT2D eigenvalue weighted by atomic mass is 19.1. The van der Waals surface area contributed by atoms with E-state index in [4.69, 9.17) is 0 Å². The van der Waals surface area contributed by atoms with E-state index >= 15 is 0 Å². The van der Waals surface area contributed by atoms with Crippen molar-refractivity contribution >= 4 is 11.6 Å². The van der Waals surface area contributed by atoms with Crippen LogP contribution in [0.15, 0.2) is 30.5 Å². The summed E-state index contributed by atoms with van der Waals surface area (Å²) in [4.78, 5) is 16.1. The van der Waals surface area contributed by atoms with Crippen LogP contribution in [0, 0.1) is 25.5 Å². The minimum absolute atomic E-state index is 0.0553. The lowest BCUT2D eigenvalue weighted by molar-refractivity contribution is 0.102. The number of nitrogens with zero attached hydrogens (tertiary/aromatic N) is 1. The number of hydrogen-bond donors (Lipinski definition) is 1. The van der Waals surface area contributed by atoms with Crippen molar-refractivity contribution in [1.82, 2.24) is 4.98 Å². The number of aryl methyl sites for hydroxylation is 1. The van der Waals surface area contributed by atoms with Crippen LogP contribution in [-0.4, -0.2) is 10.9 Å². The Labute approximate surface area is 109 Å². The molecule has 0 aliphatic rings. The highest BCUT2D eigenvalue weighted by molar-refractivity contribution is 6.05. The highest BCUT2D eigenvalue weighted by Crippen LogP contribution is 2.17. The summed E-state index contributed by atoms with van der Waals surface area (Å²) in [6, 6.07) is 4.55. The van der Waals surface area contributed by atoms with Crippen LogP contribution in [0.5, 0.6) is 0 Å². The van der Waals surface area contributed by atoms with Crippen LogP contribution in [0.2, 0.25) is 0 Å². The van der Waals surface area contributed by atoms with E-state index in [0.29, 0.717) is 5.56 Å². The fraction of sp³-hybridized carbons (Fsp3) is 0.143. The quantitative estimate of drug-likeness (QED) is 0.902. The van der Waals surface area contributed by atoms with Crippen LogP contribution < -0.4 is 5.32 Å². The number of aromatic nitrogens is 1. The summed E-state index contributed by atoms with van der Waals surface area (Å²) in [6.07, 6.45) is 1.51. The smallest absolute Gasteiger partial charge is 0.256 e. The van der Waals surface area contributed by atoms with Gasteiger partial charge in [0.05, 0.1) is 5.69 Å². The predicted octanol–water partition coefficient (Wildman–Crippen LogP) is 3.23. The molecule has 0 aliphatic carbocycles. The second kappa shape index (κ2) is 5.14. The number of amides is 1. The molecule has 1 amide bonds. The van der Waals surface area contributed by atoms with E-state index in [1.807, 2.05) is 0 Å². The molecule has 1 heterocycles. The first kappa shape index (κ1) is 13.1. The summed E-state index contributed by atoms with van der Waals surface area (Å²) >= 11 is 0. The number of pyridine rings is 1. The van der Waals surface area contributed by atoms with Crippen LogP contribution >= 0.6 is 0 Å². The molecule has 0 saturated carbocycles. The molecule has 0 saturated heterocycles. The van der Waals surface area contributed by atoms with E-state index in [2.05, 4.69) is 10.3 Å². The van der Waals surface area contributed by atoms with Gasteiger partial charge >= 0.3 is 0 Å². The molecule has 1 N–H and O–H groups in total. The van der Waals surface area contributed by atoms with E-state index in [9.17, 15) is 13.6 Å². The minimum Gasteiger partial charge on any atom is -0.319 e. The van der Waals surface area contributed by atoms with E-state index in [0.717, 1.165) is 23.4 Å². The third-order valence-electron chi connectivity index (χ3n) is 2.88. The molecule has 2 aromatic rings. The summed E-state index contributed by atoms with van der Waals surface area (Å²) < 4.78 is 26.2. The van der Waals surface area contributed by atoms with Crippen LogP contribution in [0.4, 0.5) is 14.5 Å². The lowest BCUT2D eigenvalue weighted by atomic mass is 10.1. The molecule has 0 bridgehead atoms. The molecule has 2 rings (SSSR count). The number of hydrogen-bond acceptors (Lipinski definition) is 2. The average molecular weight is 262 g/mol. The van der Waals surface area contributed by atoms with Crippen LogP contribution in [0.1, 0.15) is 21.6 Å². The predicted molar refractivity (Wildman–Crippen MR) is 68.0 cm³/mol. The van der Waals surface area contributed by atoms with Crippen LogP contribution in [0.3, 0.4) is 0 Å². The van der Waals surface area contributed by atoms with Gasteiger partial charge in [-0.1, -0.05) is 0 Å². The van der Waals surface area contributed by atoms with Gasteiger partial charge in [-0.05, 0) is 37.6 Å². The second-order valence-electron chi connectivity index (χ2n) is 4.15. The molecule has 1 aromatic carbocycles. The van der Waals surface area contributed by atoms with Gasteiger partial charge in [-0.25, -0.2) is 8.78 Å². The molecule has 0 unspecified atom stereocenters. The summed E-state index contributed by atoms with van der Waals surface area (Å²) in [5, 5.41) is 2.41. The van der Waals surface area contributed by atoms with Crippen molar-refractivity contribution in [2.24, 2.45) is 0 Å². The van der Waals surface area contributed by atoms with Crippen molar-refractivity contribution in [2.45, 2.75) is 13.8 Å². The number of carbonyl (C=O) groups is 1. The van der Waals surface area contributed by atoms with E-state index in [1.165, 1.54) is 12.3 Å². The maximum absolute atomic E-state index is 13.4. The molecular formula is C14H12F2N2O. The maximum Gasteiger partial charge on any atom is 0.256 e. The van der Waals surface area contributed by atoms with Crippen molar-refractivity contribution in [1.29, 1.82) is 0 Å². The lowest BCUT2D eigenvalue weighted by Crippen LogP contribution is -2.15. The molecule has 0 spiro atoms. The molecular weight excluding hydrogens is 250 g/mol. The van der Waals surface area contributed by atoms with E-state index in [1.54, 1.807) is 19.9 Å². The van der Waals surface area contributed by atoms with E-state index in [-0.39, 0.29) is 5.69 Å². The highest BCUT2D eigenvalue weighted by Gasteiger charge is 2.13. The van der Waals surface area contributed by atoms with E-state index < -0.39 is 17.5 Å². The second-order valence-corrected chi connectivity index (χ2v) is 4.15. The Morgan fingerprint density at radius 1 is 1.21 bits per heavy atom. The normalized spacial score (nSPS) is 10.3. The molecule has 5 heteroatoms. The number of carbonyl (C=O) groups excluding carboxylic acids is 1. The molecule has 0 fully saturated rings. The molecule has 0 atom stereocenters. The Morgan fingerprint density at radius 3 is 2.63 bits per heavy atom. The molecule has 98 valence electrons. The number of rotatable bonds is 2. The number of nitrogens with one attached hydrogen (secondary N) is 1. The van der Waals surface area contributed by atoms with Gasteiger partial charge in [-0.3, -0.25) is 9.78 Å². The molecule has 1 aromatic heterocycles. The Balaban J connectivity index is 2.28. The van der Waals surface area contributed by atoms with Crippen molar-refractivity contribution < 1.29 is 13.6 Å². The van der Waals surface area contributed by atoms with Crippen molar-refractivity contribution in [3.8, 4) is 0 Å². The first-order valence-electron chi connectivity index (χ1n) is 5.67. The van der Waals surface area contributed by atoms with Crippen LogP contribution in [0.25, 0.3) is 0 Å². The topological polar surface area (TPSA) is 42.0 Å². The molecule has 0 radical (unpaired) electrons. The Hall–Kier alpha value is -2.30. The minimum atomic E-state index is -0.809. The Morgan fingerprint density at radius 2 is 1.95 bits per heavy atom. The monoisotopic (exact) mass is 262 g/mol. The molecule has 0 aliphatic heterocycles. The summed E-state index contributed by atoms with van der Waals surface area (Å²) in [5.74, 6) is -1.95. The molecule has 19 heavy (non-hydrogen) atoms. The summed E-state index contributed by atoms with van der Waals surface area (Å²) in [5.41, 5.74) is 1.81. The first-order chi connectivity index (χ1) is 8.99. The van der Waals surface area contributed by atoms with Gasteiger partial charge in [0.15, 0.2) is 0 Å². The van der Waals surface area contributed by atoms with Crippen molar-refractivity contribution in [2.75, 3.05) is 5.32 Å².